The number of ketones is 1. The number of hydrogen-bond donors (Lipinski definition) is 1. The number of Topliss-reactive ketones (excluding diaryl/α,β-unsaturated/α-hetero) is 1. The van der Waals surface area contributed by atoms with Gasteiger partial charge in [-0.3, -0.25) is 4.79 Å². The number of anilines is 1. The van der Waals surface area contributed by atoms with Gasteiger partial charge in [-0.1, -0.05) is 84.2 Å². The second kappa shape index (κ2) is 13.2. The highest BCUT2D eigenvalue weighted by atomic mass is 79.9. The highest BCUT2D eigenvalue weighted by Crippen LogP contribution is 2.21. The van der Waals surface area contributed by atoms with Crippen LogP contribution in [0.15, 0.2) is 112 Å². The van der Waals surface area contributed by atoms with Crippen LogP contribution in [0.2, 0.25) is 0 Å². The van der Waals surface area contributed by atoms with Crippen molar-refractivity contribution in [2.24, 2.45) is 0 Å². The van der Waals surface area contributed by atoms with Gasteiger partial charge in [0.2, 0.25) is 0 Å². The first-order chi connectivity index (χ1) is 16.5. The molecule has 0 fully saturated rings. The molecule has 0 aliphatic rings. The number of nitrogens with zero attached hydrogens (tertiary/aromatic N) is 3. The average molecular weight is 645 g/mol. The van der Waals surface area contributed by atoms with Gasteiger partial charge in [0.1, 0.15) is 11.5 Å². The van der Waals surface area contributed by atoms with E-state index in [9.17, 15) is 4.79 Å². The number of rotatable bonds is 3. The maximum Gasteiger partial charge on any atom is 0.173 e. The molecule has 2 N–H and O–H groups in total. The molecule has 0 atom stereocenters. The number of benzene rings is 2. The van der Waals surface area contributed by atoms with Crippen molar-refractivity contribution in [3.63, 3.8) is 0 Å². The Bertz CT molecular complexity index is 1290. The minimum absolute atomic E-state index is 0.109. The zero-order chi connectivity index (χ0) is 24.3. The van der Waals surface area contributed by atoms with Crippen LogP contribution in [-0.2, 0) is 0 Å². The Morgan fingerprint density at radius 1 is 0.853 bits per heavy atom. The first-order valence-electron chi connectivity index (χ1n) is 10.2. The smallest absolute Gasteiger partial charge is 0.173 e. The van der Waals surface area contributed by atoms with Crippen molar-refractivity contribution >= 4 is 65.0 Å². The van der Waals surface area contributed by atoms with Gasteiger partial charge in [-0.05, 0) is 48.5 Å². The molecule has 3 heterocycles. The Kier molecular flexibility index (Phi) is 10.00. The van der Waals surface area contributed by atoms with Crippen molar-refractivity contribution in [2.75, 3.05) is 11.1 Å². The summed E-state index contributed by atoms with van der Waals surface area (Å²) < 4.78 is 4.10. The summed E-state index contributed by atoms with van der Waals surface area (Å²) in [6.07, 6.45) is 5.71. The molecule has 0 unspecified atom stereocenters. The number of halogens is 3. The van der Waals surface area contributed by atoms with Crippen molar-refractivity contribution in [3.8, 4) is 11.3 Å². The summed E-state index contributed by atoms with van der Waals surface area (Å²) >= 11 is 9.83. The van der Waals surface area contributed by atoms with E-state index in [1.165, 1.54) is 0 Å². The minimum Gasteiger partial charge on any atom is -0.384 e. The van der Waals surface area contributed by atoms with Gasteiger partial charge >= 0.3 is 0 Å². The number of carbonyl (C=O) groups is 1. The number of nitrogens with two attached hydrogens (primary N) is 1. The molecule has 0 amide bonds. The molecule has 5 rings (SSSR count). The average Bonchev–Trinajstić information content (AvgIpc) is 3.30. The number of hydrogen-bond acceptors (Lipinski definition) is 4. The number of fused-ring (bicyclic) bond motifs is 1. The molecule has 5 nitrogen and oxygen atoms in total. The summed E-state index contributed by atoms with van der Waals surface area (Å²) in [6, 6.07) is 26.9. The molecule has 0 aliphatic heterocycles. The third kappa shape index (κ3) is 7.90. The van der Waals surface area contributed by atoms with Crippen LogP contribution in [0.1, 0.15) is 10.4 Å². The van der Waals surface area contributed by atoms with E-state index in [1.807, 2.05) is 71.4 Å². The van der Waals surface area contributed by atoms with E-state index in [2.05, 4.69) is 69.9 Å². The van der Waals surface area contributed by atoms with Crippen molar-refractivity contribution in [1.82, 2.24) is 14.4 Å². The molecule has 0 bridgehead atoms. The largest absolute Gasteiger partial charge is 0.384 e. The summed E-state index contributed by atoms with van der Waals surface area (Å²) in [5, 5.41) is 0.384. The standard InChI is InChI=1S/C13H9BrN2.C8H6Br2O.C5H6N2/c14-11-6-4-10(5-7-11)12-9-16-8-2-1-3-13(16)15-12;9-5-8(11)6-1-3-7(10)4-2-6;6-5-3-1-2-4-7-5/h1-9H;1-4H,5H2;1-4H,(H2,6,7). The zero-order valence-electron chi connectivity index (χ0n) is 18.0. The second-order valence-electron chi connectivity index (χ2n) is 6.92. The topological polar surface area (TPSA) is 73.3 Å². The third-order valence-corrected chi connectivity index (χ3v) is 6.05. The van der Waals surface area contributed by atoms with Gasteiger partial charge in [-0.25, -0.2) is 9.97 Å². The zero-order valence-corrected chi connectivity index (χ0v) is 22.7. The fourth-order valence-corrected chi connectivity index (χ4v) is 3.64. The van der Waals surface area contributed by atoms with E-state index in [4.69, 9.17) is 5.73 Å². The summed E-state index contributed by atoms with van der Waals surface area (Å²) in [7, 11) is 0. The Balaban J connectivity index is 0.000000156. The van der Waals surface area contributed by atoms with Gasteiger partial charge in [0.05, 0.1) is 11.0 Å². The summed E-state index contributed by atoms with van der Waals surface area (Å²) in [4.78, 5) is 19.4. The lowest BCUT2D eigenvalue weighted by Crippen LogP contribution is -1.98. The van der Waals surface area contributed by atoms with Crippen molar-refractivity contribution in [1.29, 1.82) is 0 Å². The highest BCUT2D eigenvalue weighted by Gasteiger charge is 2.03. The van der Waals surface area contributed by atoms with E-state index >= 15 is 0 Å². The lowest BCUT2D eigenvalue weighted by Gasteiger charge is -1.95. The molecule has 0 saturated heterocycles. The van der Waals surface area contributed by atoms with Crippen LogP contribution in [-0.4, -0.2) is 25.5 Å². The number of pyridine rings is 2. The third-order valence-electron chi connectivity index (χ3n) is 4.48. The maximum absolute atomic E-state index is 11.1. The van der Waals surface area contributed by atoms with Crippen LogP contribution in [0.3, 0.4) is 0 Å². The summed E-state index contributed by atoms with van der Waals surface area (Å²) in [5.74, 6) is 0.681. The number of imidazole rings is 1. The van der Waals surface area contributed by atoms with Crippen LogP contribution < -0.4 is 5.73 Å². The summed E-state index contributed by atoms with van der Waals surface area (Å²) in [5.41, 5.74) is 9.09. The predicted octanol–water partition coefficient (Wildman–Crippen LogP) is 7.45. The first-order valence-corrected chi connectivity index (χ1v) is 12.9. The quantitative estimate of drug-likeness (QED) is 0.164. The molecular weight excluding hydrogens is 624 g/mol. The van der Waals surface area contributed by atoms with Crippen molar-refractivity contribution < 1.29 is 4.79 Å². The lowest BCUT2D eigenvalue weighted by molar-refractivity contribution is 0.102. The number of alkyl halides is 1. The van der Waals surface area contributed by atoms with Crippen LogP contribution in [0, 0.1) is 0 Å². The number of nitrogen functional groups attached to an aromatic ring is 1. The van der Waals surface area contributed by atoms with Crippen LogP contribution >= 0.6 is 47.8 Å². The molecular formula is C26H21Br3N4O. The lowest BCUT2D eigenvalue weighted by atomic mass is 10.2. The van der Waals surface area contributed by atoms with Crippen molar-refractivity contribution in [2.45, 2.75) is 0 Å². The number of carbonyl (C=O) groups excluding carboxylic acids is 1. The molecule has 172 valence electrons. The summed E-state index contributed by atoms with van der Waals surface area (Å²) in [6.45, 7) is 0. The van der Waals surface area contributed by atoms with Crippen LogP contribution in [0.4, 0.5) is 5.82 Å². The molecule has 0 spiro atoms. The van der Waals surface area contributed by atoms with Crippen LogP contribution in [0.25, 0.3) is 16.9 Å². The predicted molar refractivity (Wildman–Crippen MR) is 149 cm³/mol. The van der Waals surface area contributed by atoms with Gasteiger partial charge in [-0.15, -0.1) is 0 Å². The Morgan fingerprint density at radius 3 is 2.03 bits per heavy atom. The van der Waals surface area contributed by atoms with E-state index in [0.717, 1.165) is 31.4 Å². The van der Waals surface area contributed by atoms with Gasteiger partial charge in [0.25, 0.3) is 0 Å². The van der Waals surface area contributed by atoms with Gasteiger partial charge in [0, 0.05) is 38.7 Å². The Hall–Kier alpha value is -2.81. The van der Waals surface area contributed by atoms with Gasteiger partial charge in [-0.2, -0.15) is 0 Å². The Morgan fingerprint density at radius 2 is 1.50 bits per heavy atom. The minimum atomic E-state index is 0.109. The molecule has 0 radical (unpaired) electrons. The van der Waals surface area contributed by atoms with Gasteiger partial charge < -0.3 is 10.1 Å². The molecule has 34 heavy (non-hydrogen) atoms. The van der Waals surface area contributed by atoms with Crippen LogP contribution in [0.5, 0.6) is 0 Å². The molecule has 3 aromatic heterocycles. The maximum atomic E-state index is 11.1. The molecule has 5 aromatic rings. The molecule has 8 heteroatoms. The fraction of sp³-hybridized carbons (Fsp3) is 0.0385. The van der Waals surface area contributed by atoms with Gasteiger partial charge in [0.15, 0.2) is 5.78 Å². The first kappa shape index (κ1) is 25.8. The monoisotopic (exact) mass is 642 g/mol. The second-order valence-corrected chi connectivity index (χ2v) is 9.31. The van der Waals surface area contributed by atoms with E-state index in [-0.39, 0.29) is 5.78 Å². The van der Waals surface area contributed by atoms with Crippen molar-refractivity contribution in [3.05, 3.63) is 118 Å². The molecule has 0 saturated carbocycles. The fourth-order valence-electron chi connectivity index (χ4n) is 2.78. The van der Waals surface area contributed by atoms with E-state index in [0.29, 0.717) is 11.1 Å². The highest BCUT2D eigenvalue weighted by molar-refractivity contribution is 9.10. The molecule has 0 aliphatic carbocycles. The normalized spacial score (nSPS) is 9.97. The van der Waals surface area contributed by atoms with E-state index in [1.54, 1.807) is 24.4 Å². The number of aromatic nitrogens is 3. The molecule has 2 aromatic carbocycles. The van der Waals surface area contributed by atoms with E-state index < -0.39 is 0 Å². The SMILES string of the molecule is Brc1ccc(-c2cn3ccccc3n2)cc1.Nc1ccccn1.O=C(CBr)c1ccc(Br)cc1. The Labute approximate surface area is 223 Å².